The van der Waals surface area contributed by atoms with Crippen LogP contribution < -0.4 is 10.6 Å². The van der Waals surface area contributed by atoms with Crippen LogP contribution in [0.4, 0.5) is 0 Å². The highest BCUT2D eigenvalue weighted by Gasteiger charge is 2.09. The zero-order valence-corrected chi connectivity index (χ0v) is 30.5. The first kappa shape index (κ1) is 44.4. The van der Waals surface area contributed by atoms with Crippen LogP contribution in [0, 0.1) is 0 Å². The highest BCUT2D eigenvalue weighted by atomic mass is 16.5. The van der Waals surface area contributed by atoms with E-state index in [2.05, 4.69) is 24.5 Å². The summed E-state index contributed by atoms with van der Waals surface area (Å²) >= 11 is 0. The Labute approximate surface area is 284 Å². The lowest BCUT2D eigenvalue weighted by Gasteiger charge is -2.13. The van der Waals surface area contributed by atoms with E-state index in [-0.39, 0.29) is 30.9 Å². The lowest BCUT2D eigenvalue weighted by Crippen LogP contribution is -2.39. The molecule has 272 valence electrons. The number of unbranched alkanes of at least 4 members (excludes halogenated alkanes) is 24. The molecule has 0 radical (unpaired) electrons. The number of aliphatic hydroxyl groups is 1. The third-order valence-electron chi connectivity index (χ3n) is 8.87. The second-order valence-corrected chi connectivity index (χ2v) is 13.6. The second-order valence-electron chi connectivity index (χ2n) is 13.6. The molecule has 0 aliphatic carbocycles. The van der Waals surface area contributed by atoms with Gasteiger partial charge in [-0.15, -0.1) is 0 Å². The summed E-state index contributed by atoms with van der Waals surface area (Å²) in [5.41, 5.74) is 0. The van der Waals surface area contributed by atoms with E-state index in [1.165, 1.54) is 103 Å². The van der Waals surface area contributed by atoms with Gasteiger partial charge in [0.25, 0.3) is 0 Å². The van der Waals surface area contributed by atoms with Crippen LogP contribution in [0.25, 0.3) is 0 Å². The number of carbonyl (C=O) groups excluding carboxylic acids is 3. The standard InChI is InChI=1S/C39H76N2O5/c1-3-5-7-9-11-12-13-14-15-16-20-24-28-32-39(45)46-33-29-25-21-17-19-23-27-31-38(44)41-35-36(42)34-40-37(43)30-26-22-18-10-8-6-4-2/h36,42H,3-35H2,1-2H3,(H,40,43)(H,41,44). The van der Waals surface area contributed by atoms with Crippen LogP contribution in [0.2, 0.25) is 0 Å². The first-order valence-corrected chi connectivity index (χ1v) is 19.9. The van der Waals surface area contributed by atoms with E-state index < -0.39 is 6.10 Å². The van der Waals surface area contributed by atoms with Gasteiger partial charge in [0.1, 0.15) is 0 Å². The predicted octanol–water partition coefficient (Wildman–Crippen LogP) is 9.87. The molecule has 46 heavy (non-hydrogen) atoms. The molecule has 1 atom stereocenters. The third kappa shape index (κ3) is 35.2. The Morgan fingerprint density at radius 3 is 1.13 bits per heavy atom. The fraction of sp³-hybridized carbons (Fsp3) is 0.923. The monoisotopic (exact) mass is 653 g/mol. The van der Waals surface area contributed by atoms with Gasteiger partial charge in [-0.25, -0.2) is 0 Å². The number of ether oxygens (including phenoxy) is 1. The summed E-state index contributed by atoms with van der Waals surface area (Å²) in [7, 11) is 0. The van der Waals surface area contributed by atoms with Crippen molar-refractivity contribution in [2.45, 2.75) is 213 Å². The molecule has 0 aromatic rings. The Hall–Kier alpha value is -1.63. The predicted molar refractivity (Wildman–Crippen MR) is 193 cm³/mol. The zero-order chi connectivity index (χ0) is 33.8. The first-order valence-electron chi connectivity index (χ1n) is 19.9. The molecule has 7 nitrogen and oxygen atoms in total. The average molecular weight is 653 g/mol. The maximum absolute atomic E-state index is 12.1. The van der Waals surface area contributed by atoms with Gasteiger partial charge < -0.3 is 20.5 Å². The summed E-state index contributed by atoms with van der Waals surface area (Å²) in [5, 5.41) is 15.6. The number of hydrogen-bond acceptors (Lipinski definition) is 5. The Kier molecular flexibility index (Phi) is 34.9. The Morgan fingerprint density at radius 2 is 0.761 bits per heavy atom. The maximum Gasteiger partial charge on any atom is 0.305 e. The van der Waals surface area contributed by atoms with Crippen molar-refractivity contribution in [1.29, 1.82) is 0 Å². The first-order chi connectivity index (χ1) is 22.5. The molecule has 0 saturated heterocycles. The smallest absolute Gasteiger partial charge is 0.305 e. The molecule has 7 heteroatoms. The van der Waals surface area contributed by atoms with Crippen LogP contribution >= 0.6 is 0 Å². The summed E-state index contributed by atoms with van der Waals surface area (Å²) in [6.45, 7) is 5.35. The fourth-order valence-electron chi connectivity index (χ4n) is 5.77. The quantitative estimate of drug-likeness (QED) is 0.0462. The summed E-state index contributed by atoms with van der Waals surface area (Å²) in [6.07, 6.45) is 33.2. The van der Waals surface area contributed by atoms with Crippen LogP contribution in [0.3, 0.4) is 0 Å². The molecule has 0 heterocycles. The minimum atomic E-state index is -0.763. The lowest BCUT2D eigenvalue weighted by atomic mass is 10.0. The van der Waals surface area contributed by atoms with Crippen molar-refractivity contribution in [3.8, 4) is 0 Å². The Balaban J connectivity index is 3.39. The number of amides is 2. The second kappa shape index (κ2) is 36.2. The van der Waals surface area contributed by atoms with Crippen LogP contribution in [0.15, 0.2) is 0 Å². The molecule has 0 saturated carbocycles. The number of esters is 1. The molecule has 0 aliphatic heterocycles. The van der Waals surface area contributed by atoms with Crippen LogP contribution in [0.1, 0.15) is 206 Å². The van der Waals surface area contributed by atoms with Gasteiger partial charge in [0.15, 0.2) is 0 Å². The fourth-order valence-corrected chi connectivity index (χ4v) is 5.77. The van der Waals surface area contributed by atoms with E-state index in [0.29, 0.717) is 25.9 Å². The highest BCUT2D eigenvalue weighted by Crippen LogP contribution is 2.14. The SMILES string of the molecule is CCCCCCCCCCCCCCCC(=O)OCCCCCCCCCC(=O)NCC(O)CNC(=O)CCCCCCCCC. The number of nitrogens with one attached hydrogen (secondary N) is 2. The molecule has 0 aromatic heterocycles. The van der Waals surface area contributed by atoms with Crippen LogP contribution in [-0.4, -0.2) is 48.7 Å². The minimum Gasteiger partial charge on any atom is -0.466 e. The van der Waals surface area contributed by atoms with E-state index in [9.17, 15) is 19.5 Å². The van der Waals surface area contributed by atoms with Gasteiger partial charge in [-0.2, -0.15) is 0 Å². The number of rotatable bonds is 36. The van der Waals surface area contributed by atoms with Crippen molar-refractivity contribution in [3.05, 3.63) is 0 Å². The van der Waals surface area contributed by atoms with E-state index >= 15 is 0 Å². The van der Waals surface area contributed by atoms with Gasteiger partial charge in [-0.05, 0) is 25.7 Å². The molecule has 0 aliphatic rings. The van der Waals surface area contributed by atoms with Gasteiger partial charge in [0.2, 0.25) is 11.8 Å². The van der Waals surface area contributed by atoms with Crippen molar-refractivity contribution in [2.75, 3.05) is 19.7 Å². The topological polar surface area (TPSA) is 105 Å². The molecule has 2 amide bonds. The van der Waals surface area contributed by atoms with E-state index in [4.69, 9.17) is 4.74 Å². The maximum atomic E-state index is 12.1. The Bertz CT molecular complexity index is 687. The summed E-state index contributed by atoms with van der Waals surface area (Å²) in [5.74, 6) is -0.119. The van der Waals surface area contributed by atoms with Crippen LogP contribution in [0.5, 0.6) is 0 Å². The number of hydrogen-bond donors (Lipinski definition) is 3. The largest absolute Gasteiger partial charge is 0.466 e. The van der Waals surface area contributed by atoms with Gasteiger partial charge in [-0.1, -0.05) is 162 Å². The van der Waals surface area contributed by atoms with Crippen molar-refractivity contribution in [3.63, 3.8) is 0 Å². The molecule has 0 spiro atoms. The van der Waals surface area contributed by atoms with Crippen molar-refractivity contribution in [2.24, 2.45) is 0 Å². The van der Waals surface area contributed by atoms with Gasteiger partial charge in [0.05, 0.1) is 12.7 Å². The molecular formula is C39H76N2O5. The number of aliphatic hydroxyl groups excluding tert-OH is 1. The van der Waals surface area contributed by atoms with Crippen molar-refractivity contribution < 1.29 is 24.2 Å². The van der Waals surface area contributed by atoms with Crippen molar-refractivity contribution in [1.82, 2.24) is 10.6 Å². The highest BCUT2D eigenvalue weighted by molar-refractivity contribution is 5.76. The summed E-state index contributed by atoms with van der Waals surface area (Å²) < 4.78 is 5.40. The molecule has 0 rings (SSSR count). The van der Waals surface area contributed by atoms with Gasteiger partial charge in [0, 0.05) is 32.4 Å². The molecule has 0 bridgehead atoms. The zero-order valence-electron chi connectivity index (χ0n) is 30.5. The van der Waals surface area contributed by atoms with E-state index in [1.807, 2.05) is 0 Å². The lowest BCUT2D eigenvalue weighted by molar-refractivity contribution is -0.144. The molecule has 0 fully saturated rings. The molecular weight excluding hydrogens is 576 g/mol. The average Bonchev–Trinajstić information content (AvgIpc) is 3.05. The van der Waals surface area contributed by atoms with E-state index in [0.717, 1.165) is 70.6 Å². The summed E-state index contributed by atoms with van der Waals surface area (Å²) in [4.78, 5) is 35.9. The van der Waals surface area contributed by atoms with Gasteiger partial charge >= 0.3 is 5.97 Å². The Morgan fingerprint density at radius 1 is 0.457 bits per heavy atom. The molecule has 3 N–H and O–H groups in total. The number of carbonyl (C=O) groups is 3. The third-order valence-corrected chi connectivity index (χ3v) is 8.87. The van der Waals surface area contributed by atoms with Gasteiger partial charge in [-0.3, -0.25) is 14.4 Å². The normalized spacial score (nSPS) is 11.8. The van der Waals surface area contributed by atoms with Crippen molar-refractivity contribution >= 4 is 17.8 Å². The molecule has 0 aromatic carbocycles. The minimum absolute atomic E-state index is 0.0276. The van der Waals surface area contributed by atoms with E-state index in [1.54, 1.807) is 0 Å². The molecule has 1 unspecified atom stereocenters. The summed E-state index contributed by atoms with van der Waals surface area (Å²) in [6, 6.07) is 0. The van der Waals surface area contributed by atoms with Crippen LogP contribution in [-0.2, 0) is 19.1 Å².